The Hall–Kier alpha value is -2.14. The van der Waals surface area contributed by atoms with E-state index in [1.54, 1.807) is 0 Å². The largest absolute Gasteiger partial charge is 0.460 e. The van der Waals surface area contributed by atoms with Crippen LogP contribution in [0.25, 0.3) is 6.08 Å². The number of quaternary nitrogens is 1. The lowest BCUT2D eigenvalue weighted by atomic mass is 10.0. The summed E-state index contributed by atoms with van der Waals surface area (Å²) in [4.78, 5) is 25.0. The summed E-state index contributed by atoms with van der Waals surface area (Å²) in [6.07, 6.45) is 36.5. The number of carbonyl (C=O) groups is 2. The minimum Gasteiger partial charge on any atom is -0.460 e. The number of likely N-dealkylation sites (N-methyl/N-ethyl adjacent to an activating group) is 1. The number of ether oxygens (including phenoxy) is 2. The molecular weight excluding hydrogens is 631 g/mol. The predicted molar refractivity (Wildman–Crippen MR) is 219 cm³/mol. The second kappa shape index (κ2) is 33.7. The Morgan fingerprint density at radius 3 is 1.16 bits per heavy atom. The van der Waals surface area contributed by atoms with Crippen LogP contribution in [0.1, 0.15) is 205 Å². The van der Waals surface area contributed by atoms with Crippen molar-refractivity contribution in [2.45, 2.75) is 200 Å². The molecule has 5 heteroatoms. The maximum absolute atomic E-state index is 12.5. The van der Waals surface area contributed by atoms with E-state index >= 15 is 0 Å². The molecule has 0 fully saturated rings. The van der Waals surface area contributed by atoms with Crippen LogP contribution in [0, 0.1) is 0 Å². The first-order valence-electron chi connectivity index (χ1n) is 21.8. The average Bonchev–Trinajstić information content (AvgIpc) is 3.12. The predicted octanol–water partition coefficient (Wildman–Crippen LogP) is 13.3. The smallest absolute Gasteiger partial charge is 0.305 e. The normalized spacial score (nSPS) is 11.5. The first-order valence-corrected chi connectivity index (χ1v) is 21.8. The van der Waals surface area contributed by atoms with E-state index in [-0.39, 0.29) is 11.9 Å². The molecule has 0 unspecified atom stereocenters. The number of carbonyl (C=O) groups excluding carboxylic acids is 2. The van der Waals surface area contributed by atoms with Crippen LogP contribution in [-0.2, 0) is 25.6 Å². The van der Waals surface area contributed by atoms with Crippen LogP contribution in [0.15, 0.2) is 30.8 Å². The monoisotopic (exact) mass is 713 g/mol. The number of benzene rings is 1. The summed E-state index contributed by atoms with van der Waals surface area (Å²) < 4.78 is 12.0. The highest BCUT2D eigenvalue weighted by atomic mass is 16.5. The SMILES string of the molecule is C=Cc1ccc(C[N+](C)(CCOC(=O)CCCCCCCCCCCCCCC)CCOC(=O)CCCCCCCCCCCCCCC)cc1. The van der Waals surface area contributed by atoms with Gasteiger partial charge in [0.2, 0.25) is 0 Å². The van der Waals surface area contributed by atoms with E-state index in [9.17, 15) is 9.59 Å². The van der Waals surface area contributed by atoms with Crippen molar-refractivity contribution in [2.75, 3.05) is 33.4 Å². The van der Waals surface area contributed by atoms with Crippen LogP contribution in [0.2, 0.25) is 0 Å². The zero-order valence-corrected chi connectivity index (χ0v) is 34.0. The van der Waals surface area contributed by atoms with E-state index in [1.807, 2.05) is 6.08 Å². The second-order valence-electron chi connectivity index (χ2n) is 15.6. The molecule has 294 valence electrons. The molecule has 0 spiro atoms. The third-order valence-corrected chi connectivity index (χ3v) is 10.5. The van der Waals surface area contributed by atoms with Crippen molar-refractivity contribution in [1.82, 2.24) is 0 Å². The molecule has 0 aliphatic heterocycles. The molecule has 0 atom stereocenters. The van der Waals surface area contributed by atoms with Crippen LogP contribution < -0.4 is 0 Å². The highest BCUT2D eigenvalue weighted by Gasteiger charge is 2.24. The number of nitrogens with zero attached hydrogens (tertiary/aromatic N) is 1. The topological polar surface area (TPSA) is 52.6 Å². The molecule has 0 aliphatic rings. The Kier molecular flexibility index (Phi) is 31.0. The first kappa shape index (κ1) is 46.9. The quantitative estimate of drug-likeness (QED) is 0.0391. The van der Waals surface area contributed by atoms with Gasteiger partial charge in [0.25, 0.3) is 0 Å². The fraction of sp³-hybridized carbons (Fsp3) is 0.783. The van der Waals surface area contributed by atoms with Crippen LogP contribution >= 0.6 is 0 Å². The molecule has 0 bridgehead atoms. The van der Waals surface area contributed by atoms with Crippen LogP contribution in [0.5, 0.6) is 0 Å². The summed E-state index contributed by atoms with van der Waals surface area (Å²) in [6, 6.07) is 8.43. The molecule has 0 saturated carbocycles. The number of unbranched alkanes of at least 4 members (excludes halogenated alkanes) is 24. The van der Waals surface area contributed by atoms with Gasteiger partial charge in [0, 0.05) is 18.4 Å². The molecule has 0 heterocycles. The van der Waals surface area contributed by atoms with Crippen molar-refractivity contribution in [3.05, 3.63) is 42.0 Å². The van der Waals surface area contributed by atoms with Crippen molar-refractivity contribution >= 4 is 18.0 Å². The van der Waals surface area contributed by atoms with Crippen molar-refractivity contribution in [3.63, 3.8) is 0 Å². The van der Waals surface area contributed by atoms with Gasteiger partial charge >= 0.3 is 11.9 Å². The maximum Gasteiger partial charge on any atom is 0.305 e. The highest BCUT2D eigenvalue weighted by molar-refractivity contribution is 5.69. The van der Waals surface area contributed by atoms with E-state index in [4.69, 9.17) is 9.47 Å². The van der Waals surface area contributed by atoms with Gasteiger partial charge in [0.1, 0.15) is 32.8 Å². The summed E-state index contributed by atoms with van der Waals surface area (Å²) in [6.45, 7) is 11.3. The van der Waals surface area contributed by atoms with E-state index in [1.165, 1.54) is 147 Å². The summed E-state index contributed by atoms with van der Waals surface area (Å²) >= 11 is 0. The molecule has 0 aromatic heterocycles. The second-order valence-corrected chi connectivity index (χ2v) is 15.6. The zero-order valence-electron chi connectivity index (χ0n) is 34.0. The molecule has 5 nitrogen and oxygen atoms in total. The van der Waals surface area contributed by atoms with E-state index in [0.717, 1.165) is 37.8 Å². The standard InChI is InChI=1S/C46H82NO4/c1-5-8-10-12-14-16-18-20-22-24-26-28-30-32-45(48)50-40-38-47(4,42-44-36-34-43(7-3)35-37-44)39-41-51-46(49)33-31-29-27-25-23-21-19-17-15-13-11-9-6-2/h7,34-37H,3,5-6,8-33,38-42H2,1-2,4H3/q+1. The number of esters is 2. The summed E-state index contributed by atoms with van der Waals surface area (Å²) in [5.74, 6) is -0.187. The van der Waals surface area contributed by atoms with Gasteiger partial charge in [0.15, 0.2) is 0 Å². The van der Waals surface area contributed by atoms with Gasteiger partial charge in [-0.2, -0.15) is 0 Å². The lowest BCUT2D eigenvalue weighted by molar-refractivity contribution is -0.922. The fourth-order valence-corrected chi connectivity index (χ4v) is 6.95. The highest BCUT2D eigenvalue weighted by Crippen LogP contribution is 2.17. The molecule has 0 amide bonds. The van der Waals surface area contributed by atoms with Gasteiger partial charge < -0.3 is 14.0 Å². The lowest BCUT2D eigenvalue weighted by Crippen LogP contribution is -2.48. The Balaban J connectivity index is 2.25. The van der Waals surface area contributed by atoms with Crippen LogP contribution in [0.3, 0.4) is 0 Å². The molecular formula is C46H82NO4+. The molecule has 0 N–H and O–H groups in total. The summed E-state index contributed by atoms with van der Waals surface area (Å²) in [5.41, 5.74) is 2.30. The molecule has 1 rings (SSSR count). The van der Waals surface area contributed by atoms with Crippen molar-refractivity contribution in [1.29, 1.82) is 0 Å². The Bertz CT molecular complexity index is 910. The maximum atomic E-state index is 12.5. The van der Waals surface area contributed by atoms with Gasteiger partial charge in [-0.3, -0.25) is 9.59 Å². The number of hydrogen-bond donors (Lipinski definition) is 0. The van der Waals surface area contributed by atoms with Gasteiger partial charge in [-0.1, -0.05) is 205 Å². The molecule has 51 heavy (non-hydrogen) atoms. The molecule has 0 aliphatic carbocycles. The van der Waals surface area contributed by atoms with E-state index in [2.05, 4.69) is 51.7 Å². The number of rotatable bonds is 37. The Morgan fingerprint density at radius 2 is 0.843 bits per heavy atom. The molecule has 0 radical (unpaired) electrons. The summed E-state index contributed by atoms with van der Waals surface area (Å²) in [7, 11) is 2.17. The lowest BCUT2D eigenvalue weighted by Gasteiger charge is -2.34. The van der Waals surface area contributed by atoms with Crippen LogP contribution in [-0.4, -0.2) is 49.8 Å². The van der Waals surface area contributed by atoms with E-state index < -0.39 is 0 Å². The number of hydrogen-bond acceptors (Lipinski definition) is 4. The van der Waals surface area contributed by atoms with Crippen molar-refractivity contribution in [3.8, 4) is 0 Å². The van der Waals surface area contributed by atoms with Crippen LogP contribution in [0.4, 0.5) is 0 Å². The molecule has 1 aromatic rings. The van der Waals surface area contributed by atoms with Gasteiger partial charge in [-0.05, 0) is 18.4 Å². The minimum atomic E-state index is -0.0933. The summed E-state index contributed by atoms with van der Waals surface area (Å²) in [5, 5.41) is 0. The van der Waals surface area contributed by atoms with Gasteiger partial charge in [-0.15, -0.1) is 0 Å². The van der Waals surface area contributed by atoms with Crippen molar-refractivity contribution < 1.29 is 23.5 Å². The fourth-order valence-electron chi connectivity index (χ4n) is 6.95. The Morgan fingerprint density at radius 1 is 0.529 bits per heavy atom. The van der Waals surface area contributed by atoms with Gasteiger partial charge in [0.05, 0.1) is 7.05 Å². The van der Waals surface area contributed by atoms with E-state index in [0.29, 0.717) is 43.6 Å². The third kappa shape index (κ3) is 29.1. The Labute approximate surface area is 316 Å². The first-order chi connectivity index (χ1) is 24.9. The minimum absolute atomic E-state index is 0.0933. The zero-order chi connectivity index (χ0) is 37.1. The average molecular weight is 713 g/mol. The molecule has 0 saturated heterocycles. The molecule has 1 aromatic carbocycles. The third-order valence-electron chi connectivity index (χ3n) is 10.5. The van der Waals surface area contributed by atoms with Gasteiger partial charge in [-0.25, -0.2) is 0 Å². The van der Waals surface area contributed by atoms with Crippen molar-refractivity contribution in [2.24, 2.45) is 0 Å².